The Bertz CT molecular complexity index is 260. The monoisotopic (exact) mass is 244 g/mol. The number of epoxide rings is 2. The molecule has 0 N–H and O–H groups in total. The molecule has 0 aromatic heterocycles. The molecule has 0 radical (unpaired) electrons. The lowest BCUT2D eigenvalue weighted by Gasteiger charge is -2.22. The molecule has 5 nitrogen and oxygen atoms in total. The predicted octanol–water partition coefficient (Wildman–Crippen LogP) is 1.08. The molecule has 0 aromatic carbocycles. The van der Waals surface area contributed by atoms with Crippen LogP contribution in [0.3, 0.4) is 0 Å². The molecule has 2 saturated heterocycles. The van der Waals surface area contributed by atoms with E-state index < -0.39 is 0 Å². The van der Waals surface area contributed by atoms with Crippen molar-refractivity contribution < 1.29 is 23.7 Å². The van der Waals surface area contributed by atoms with Crippen LogP contribution < -0.4 is 0 Å². The van der Waals surface area contributed by atoms with Crippen LogP contribution in [0.25, 0.3) is 0 Å². The summed E-state index contributed by atoms with van der Waals surface area (Å²) in [5.41, 5.74) is 0. The zero-order valence-electron chi connectivity index (χ0n) is 10.4. The van der Waals surface area contributed by atoms with Crippen molar-refractivity contribution in [2.45, 2.75) is 38.4 Å². The van der Waals surface area contributed by atoms with Crippen LogP contribution in [0.2, 0.25) is 0 Å². The second-order valence-corrected chi connectivity index (χ2v) is 4.50. The van der Waals surface area contributed by atoms with Crippen LogP contribution in [0.15, 0.2) is 12.3 Å². The Morgan fingerprint density at radius 2 is 2.12 bits per heavy atom. The van der Waals surface area contributed by atoms with Gasteiger partial charge in [0.1, 0.15) is 12.2 Å². The van der Waals surface area contributed by atoms with E-state index in [1.54, 1.807) is 6.92 Å². The lowest BCUT2D eigenvalue weighted by Crippen LogP contribution is -2.30. The molecule has 2 heterocycles. The number of rotatable bonds is 9. The van der Waals surface area contributed by atoms with Crippen molar-refractivity contribution in [1.82, 2.24) is 0 Å². The van der Waals surface area contributed by atoms with Gasteiger partial charge < -0.3 is 23.7 Å². The zero-order valence-corrected chi connectivity index (χ0v) is 10.4. The second kappa shape index (κ2) is 5.82. The van der Waals surface area contributed by atoms with E-state index >= 15 is 0 Å². The maximum absolute atomic E-state index is 5.71. The van der Waals surface area contributed by atoms with Crippen molar-refractivity contribution in [3.63, 3.8) is 0 Å². The van der Waals surface area contributed by atoms with Crippen LogP contribution in [-0.2, 0) is 23.7 Å². The smallest absolute Gasteiger partial charge is 0.228 e. The van der Waals surface area contributed by atoms with E-state index in [4.69, 9.17) is 23.7 Å². The fourth-order valence-electron chi connectivity index (χ4n) is 1.40. The van der Waals surface area contributed by atoms with E-state index in [2.05, 4.69) is 6.58 Å². The van der Waals surface area contributed by atoms with Crippen LogP contribution in [0.1, 0.15) is 13.8 Å². The second-order valence-electron chi connectivity index (χ2n) is 4.50. The Kier molecular flexibility index (Phi) is 4.39. The molecule has 0 spiro atoms. The first-order valence-corrected chi connectivity index (χ1v) is 5.93. The van der Waals surface area contributed by atoms with E-state index in [0.29, 0.717) is 25.6 Å². The van der Waals surface area contributed by atoms with Crippen molar-refractivity contribution in [2.24, 2.45) is 0 Å². The molecular formula is C12H20O5. The van der Waals surface area contributed by atoms with Crippen LogP contribution in [0, 0.1) is 0 Å². The average Bonchev–Trinajstić information content (AvgIpc) is 3.11. The summed E-state index contributed by atoms with van der Waals surface area (Å²) in [6, 6.07) is 0. The quantitative estimate of drug-likeness (QED) is 0.345. The summed E-state index contributed by atoms with van der Waals surface area (Å²) < 4.78 is 26.9. The lowest BCUT2D eigenvalue weighted by molar-refractivity contribution is -0.167. The third-order valence-corrected chi connectivity index (χ3v) is 2.41. The molecule has 0 aromatic rings. The highest BCUT2D eigenvalue weighted by atomic mass is 16.7. The summed E-state index contributed by atoms with van der Waals surface area (Å²) in [7, 11) is 0. The van der Waals surface area contributed by atoms with Gasteiger partial charge in [0, 0.05) is 0 Å². The summed E-state index contributed by atoms with van der Waals surface area (Å²) in [6.07, 6.45) is -0.0945. The number of ether oxygens (including phenoxy) is 5. The first-order valence-electron chi connectivity index (χ1n) is 5.93. The maximum atomic E-state index is 5.71. The summed E-state index contributed by atoms with van der Waals surface area (Å²) in [5.74, 6) is 0.630. The minimum Gasteiger partial charge on any atom is -0.467 e. The van der Waals surface area contributed by atoms with Crippen molar-refractivity contribution in [3.8, 4) is 0 Å². The van der Waals surface area contributed by atoms with E-state index in [0.717, 1.165) is 6.61 Å². The van der Waals surface area contributed by atoms with Crippen molar-refractivity contribution in [3.05, 3.63) is 12.3 Å². The van der Waals surface area contributed by atoms with Crippen LogP contribution >= 0.6 is 0 Å². The molecule has 98 valence electrons. The van der Waals surface area contributed by atoms with Gasteiger partial charge in [0.25, 0.3) is 0 Å². The Balaban J connectivity index is 1.62. The molecule has 0 amide bonds. The van der Waals surface area contributed by atoms with Gasteiger partial charge in [-0.05, 0) is 13.8 Å². The molecule has 2 rings (SSSR count). The molecule has 0 saturated carbocycles. The van der Waals surface area contributed by atoms with Gasteiger partial charge in [-0.25, -0.2) is 0 Å². The van der Waals surface area contributed by atoms with Gasteiger partial charge in [-0.3, -0.25) is 0 Å². The lowest BCUT2D eigenvalue weighted by atomic mass is 10.4. The van der Waals surface area contributed by atoms with Gasteiger partial charge >= 0.3 is 0 Å². The fraction of sp³-hybridized carbons (Fsp3) is 0.833. The summed E-state index contributed by atoms with van der Waals surface area (Å²) in [6.45, 7) is 10.1. The molecule has 0 bridgehead atoms. The Labute approximate surface area is 102 Å². The topological polar surface area (TPSA) is 52.8 Å². The highest BCUT2D eigenvalue weighted by Crippen LogP contribution is 2.21. The van der Waals surface area contributed by atoms with E-state index in [9.17, 15) is 0 Å². The standard InChI is InChI=1S/C12H20O5/c1-8(2)16-12(11-7-15-11)17-9(3)4-13-5-10-6-14-10/h9-12H,1,4-7H2,2-3H3. The molecule has 2 aliphatic heterocycles. The van der Waals surface area contributed by atoms with Crippen LogP contribution in [-0.4, -0.2) is 51.0 Å². The van der Waals surface area contributed by atoms with Gasteiger partial charge in [-0.2, -0.15) is 0 Å². The first-order chi connectivity index (χ1) is 8.15. The molecular weight excluding hydrogens is 224 g/mol. The van der Waals surface area contributed by atoms with Crippen molar-refractivity contribution in [1.29, 1.82) is 0 Å². The number of hydrogen-bond donors (Lipinski definition) is 0. The SMILES string of the molecule is C=C(C)OC(OC(C)COCC1CO1)C1CO1. The normalized spacial score (nSPS) is 29.5. The predicted molar refractivity (Wildman–Crippen MR) is 60.5 cm³/mol. The Hall–Kier alpha value is -0.620. The van der Waals surface area contributed by atoms with Gasteiger partial charge in [-0.1, -0.05) is 6.58 Å². The Morgan fingerprint density at radius 3 is 2.65 bits per heavy atom. The molecule has 5 heteroatoms. The fourth-order valence-corrected chi connectivity index (χ4v) is 1.40. The van der Waals surface area contributed by atoms with E-state index in [-0.39, 0.29) is 24.6 Å². The molecule has 4 atom stereocenters. The maximum Gasteiger partial charge on any atom is 0.228 e. The van der Waals surface area contributed by atoms with Gasteiger partial charge in [-0.15, -0.1) is 0 Å². The summed E-state index contributed by atoms with van der Waals surface area (Å²) >= 11 is 0. The molecule has 0 aliphatic carbocycles. The molecule has 2 aliphatic rings. The third kappa shape index (κ3) is 5.04. The highest BCUT2D eigenvalue weighted by Gasteiger charge is 2.36. The minimum atomic E-state index is -0.372. The zero-order chi connectivity index (χ0) is 12.3. The van der Waals surface area contributed by atoms with E-state index in [1.807, 2.05) is 6.92 Å². The molecule has 17 heavy (non-hydrogen) atoms. The van der Waals surface area contributed by atoms with Gasteiger partial charge in [0.05, 0.1) is 38.3 Å². The average molecular weight is 244 g/mol. The van der Waals surface area contributed by atoms with E-state index in [1.165, 1.54) is 0 Å². The van der Waals surface area contributed by atoms with Crippen molar-refractivity contribution >= 4 is 0 Å². The van der Waals surface area contributed by atoms with Crippen molar-refractivity contribution in [2.75, 3.05) is 26.4 Å². The highest BCUT2D eigenvalue weighted by molar-refractivity contribution is 4.82. The number of hydrogen-bond acceptors (Lipinski definition) is 5. The van der Waals surface area contributed by atoms with Crippen LogP contribution in [0.5, 0.6) is 0 Å². The summed E-state index contributed by atoms with van der Waals surface area (Å²) in [5, 5.41) is 0. The van der Waals surface area contributed by atoms with Crippen LogP contribution in [0.4, 0.5) is 0 Å². The van der Waals surface area contributed by atoms with Gasteiger partial charge in [0.2, 0.25) is 6.29 Å². The third-order valence-electron chi connectivity index (χ3n) is 2.41. The minimum absolute atomic E-state index is 0.0286. The summed E-state index contributed by atoms with van der Waals surface area (Å²) in [4.78, 5) is 0. The number of allylic oxidation sites excluding steroid dienone is 1. The first kappa shape index (κ1) is 12.8. The molecule has 2 fully saturated rings. The Morgan fingerprint density at radius 1 is 1.41 bits per heavy atom. The molecule has 4 unspecified atom stereocenters. The largest absolute Gasteiger partial charge is 0.467 e. The van der Waals surface area contributed by atoms with Gasteiger partial charge in [0.15, 0.2) is 0 Å².